The van der Waals surface area contributed by atoms with Gasteiger partial charge in [-0.15, -0.1) is 0 Å². The first kappa shape index (κ1) is 9.66. The van der Waals surface area contributed by atoms with E-state index in [0.29, 0.717) is 0 Å². The number of hydrogen-bond donors (Lipinski definition) is 1. The fraction of sp³-hybridized carbons (Fsp3) is 0.583. The van der Waals surface area contributed by atoms with Crippen LogP contribution in [0.1, 0.15) is 31.0 Å². The van der Waals surface area contributed by atoms with Crippen LogP contribution in [0.15, 0.2) is 18.3 Å². The molecule has 2 N–H and O–H groups in total. The van der Waals surface area contributed by atoms with Gasteiger partial charge in [0.2, 0.25) is 0 Å². The predicted molar refractivity (Wildman–Crippen MR) is 58.1 cm³/mol. The third kappa shape index (κ3) is 1.55. The molecular formula is C12H18N2. The second-order valence-corrected chi connectivity index (χ2v) is 4.58. The van der Waals surface area contributed by atoms with Crippen molar-refractivity contribution in [3.8, 4) is 0 Å². The summed E-state index contributed by atoms with van der Waals surface area (Å²) in [6, 6.07) is 4.25. The maximum absolute atomic E-state index is 5.89. The lowest BCUT2D eigenvalue weighted by Gasteiger charge is -2.28. The van der Waals surface area contributed by atoms with Crippen LogP contribution in [0.25, 0.3) is 0 Å². The summed E-state index contributed by atoms with van der Waals surface area (Å²) < 4.78 is 0. The number of rotatable bonds is 3. The summed E-state index contributed by atoms with van der Waals surface area (Å²) in [6.45, 7) is 5.00. The van der Waals surface area contributed by atoms with Crippen molar-refractivity contribution in [3.05, 3.63) is 29.6 Å². The standard InChI is InChI=1S/C12H18N2/c1-9-3-4-11(7-14-9)12(2,8-13)10-5-6-10/h3-4,7,10H,5-6,8,13H2,1-2H3. The van der Waals surface area contributed by atoms with Gasteiger partial charge in [-0.3, -0.25) is 4.98 Å². The summed E-state index contributed by atoms with van der Waals surface area (Å²) in [5.41, 5.74) is 8.42. The van der Waals surface area contributed by atoms with Gasteiger partial charge in [-0.2, -0.15) is 0 Å². The number of hydrogen-bond acceptors (Lipinski definition) is 2. The Bertz CT molecular complexity index is 314. The Morgan fingerprint density at radius 1 is 1.50 bits per heavy atom. The second-order valence-electron chi connectivity index (χ2n) is 4.58. The Balaban J connectivity index is 2.31. The molecular weight excluding hydrogens is 172 g/mol. The van der Waals surface area contributed by atoms with Crippen LogP contribution < -0.4 is 5.73 Å². The van der Waals surface area contributed by atoms with E-state index >= 15 is 0 Å². The van der Waals surface area contributed by atoms with E-state index < -0.39 is 0 Å². The van der Waals surface area contributed by atoms with Gasteiger partial charge in [0, 0.05) is 23.9 Å². The van der Waals surface area contributed by atoms with Crippen molar-refractivity contribution in [1.82, 2.24) is 4.98 Å². The molecule has 1 aliphatic rings. The molecule has 1 aliphatic carbocycles. The summed E-state index contributed by atoms with van der Waals surface area (Å²) >= 11 is 0. The molecule has 2 rings (SSSR count). The third-order valence-corrected chi connectivity index (χ3v) is 3.47. The van der Waals surface area contributed by atoms with Crippen molar-refractivity contribution in [2.75, 3.05) is 6.54 Å². The predicted octanol–water partition coefficient (Wildman–Crippen LogP) is 2.02. The molecule has 1 aromatic heterocycles. The minimum absolute atomic E-state index is 0.153. The molecule has 14 heavy (non-hydrogen) atoms. The summed E-state index contributed by atoms with van der Waals surface area (Å²) in [7, 11) is 0. The molecule has 1 aromatic rings. The van der Waals surface area contributed by atoms with Crippen LogP contribution in [-0.2, 0) is 5.41 Å². The Kier molecular flexibility index (Phi) is 2.31. The highest BCUT2D eigenvalue weighted by Gasteiger charge is 2.41. The van der Waals surface area contributed by atoms with Crippen LogP contribution in [0.3, 0.4) is 0 Å². The van der Waals surface area contributed by atoms with Crippen molar-refractivity contribution >= 4 is 0 Å². The van der Waals surface area contributed by atoms with Crippen LogP contribution in [0.5, 0.6) is 0 Å². The highest BCUT2D eigenvalue weighted by Crippen LogP contribution is 2.46. The lowest BCUT2D eigenvalue weighted by Crippen LogP contribution is -2.34. The van der Waals surface area contributed by atoms with Gasteiger partial charge in [0.1, 0.15) is 0 Å². The van der Waals surface area contributed by atoms with Crippen molar-refractivity contribution < 1.29 is 0 Å². The van der Waals surface area contributed by atoms with Gasteiger partial charge < -0.3 is 5.73 Å². The monoisotopic (exact) mass is 190 g/mol. The van der Waals surface area contributed by atoms with Crippen molar-refractivity contribution in [2.45, 2.75) is 32.1 Å². The molecule has 1 heterocycles. The van der Waals surface area contributed by atoms with Crippen LogP contribution >= 0.6 is 0 Å². The minimum Gasteiger partial charge on any atom is -0.330 e. The van der Waals surface area contributed by atoms with E-state index in [2.05, 4.69) is 24.0 Å². The molecule has 76 valence electrons. The average Bonchev–Trinajstić information content (AvgIpc) is 3.01. The molecule has 2 nitrogen and oxygen atoms in total. The first-order valence-electron chi connectivity index (χ1n) is 5.30. The summed E-state index contributed by atoms with van der Waals surface area (Å²) in [6.07, 6.45) is 4.63. The van der Waals surface area contributed by atoms with E-state index in [0.717, 1.165) is 18.2 Å². The molecule has 0 amide bonds. The molecule has 0 radical (unpaired) electrons. The minimum atomic E-state index is 0.153. The van der Waals surface area contributed by atoms with Crippen molar-refractivity contribution in [3.63, 3.8) is 0 Å². The quantitative estimate of drug-likeness (QED) is 0.792. The molecule has 1 unspecified atom stereocenters. The number of nitrogens with zero attached hydrogens (tertiary/aromatic N) is 1. The van der Waals surface area contributed by atoms with Crippen LogP contribution in [0, 0.1) is 12.8 Å². The van der Waals surface area contributed by atoms with E-state index in [4.69, 9.17) is 5.73 Å². The Labute approximate surface area is 85.5 Å². The maximum atomic E-state index is 5.89. The second kappa shape index (κ2) is 3.35. The molecule has 0 spiro atoms. The largest absolute Gasteiger partial charge is 0.330 e. The molecule has 0 aliphatic heterocycles. The van der Waals surface area contributed by atoms with Crippen LogP contribution in [0.2, 0.25) is 0 Å². The lowest BCUT2D eigenvalue weighted by molar-refractivity contribution is 0.419. The zero-order chi connectivity index (χ0) is 10.2. The average molecular weight is 190 g/mol. The SMILES string of the molecule is Cc1ccc(C(C)(CN)C2CC2)cn1. The Morgan fingerprint density at radius 3 is 2.64 bits per heavy atom. The van der Waals surface area contributed by atoms with Gasteiger partial charge >= 0.3 is 0 Å². The first-order valence-corrected chi connectivity index (χ1v) is 5.30. The fourth-order valence-electron chi connectivity index (χ4n) is 2.05. The van der Waals surface area contributed by atoms with Crippen LogP contribution in [-0.4, -0.2) is 11.5 Å². The van der Waals surface area contributed by atoms with Gasteiger partial charge in [-0.25, -0.2) is 0 Å². The zero-order valence-corrected chi connectivity index (χ0v) is 8.96. The zero-order valence-electron chi connectivity index (χ0n) is 8.96. The normalized spacial score (nSPS) is 20.5. The Morgan fingerprint density at radius 2 is 2.21 bits per heavy atom. The van der Waals surface area contributed by atoms with Gasteiger partial charge in [-0.05, 0) is 37.3 Å². The van der Waals surface area contributed by atoms with E-state index in [1.807, 2.05) is 13.1 Å². The lowest BCUT2D eigenvalue weighted by atomic mass is 9.79. The van der Waals surface area contributed by atoms with Crippen molar-refractivity contribution in [1.29, 1.82) is 0 Å². The molecule has 2 heteroatoms. The summed E-state index contributed by atoms with van der Waals surface area (Å²) in [5.74, 6) is 0.775. The molecule has 0 saturated heterocycles. The number of aryl methyl sites for hydroxylation is 1. The number of pyridine rings is 1. The van der Waals surface area contributed by atoms with Crippen molar-refractivity contribution in [2.24, 2.45) is 11.7 Å². The maximum Gasteiger partial charge on any atom is 0.0372 e. The highest BCUT2D eigenvalue weighted by molar-refractivity contribution is 5.26. The topological polar surface area (TPSA) is 38.9 Å². The Hall–Kier alpha value is -0.890. The number of aromatic nitrogens is 1. The first-order chi connectivity index (χ1) is 6.66. The molecule has 1 saturated carbocycles. The smallest absolute Gasteiger partial charge is 0.0372 e. The molecule has 1 atom stereocenters. The molecule has 1 fully saturated rings. The van der Waals surface area contributed by atoms with E-state index in [-0.39, 0.29) is 5.41 Å². The van der Waals surface area contributed by atoms with E-state index in [9.17, 15) is 0 Å². The van der Waals surface area contributed by atoms with Gasteiger partial charge in [0.05, 0.1) is 0 Å². The van der Waals surface area contributed by atoms with E-state index in [1.165, 1.54) is 18.4 Å². The molecule has 0 bridgehead atoms. The van der Waals surface area contributed by atoms with E-state index in [1.54, 1.807) is 0 Å². The van der Waals surface area contributed by atoms with Gasteiger partial charge in [0.15, 0.2) is 0 Å². The van der Waals surface area contributed by atoms with Gasteiger partial charge in [0.25, 0.3) is 0 Å². The summed E-state index contributed by atoms with van der Waals surface area (Å²) in [5, 5.41) is 0. The van der Waals surface area contributed by atoms with Gasteiger partial charge in [-0.1, -0.05) is 13.0 Å². The highest BCUT2D eigenvalue weighted by atomic mass is 14.7. The number of nitrogens with two attached hydrogens (primary N) is 1. The third-order valence-electron chi connectivity index (χ3n) is 3.47. The molecule has 0 aromatic carbocycles. The summed E-state index contributed by atoms with van der Waals surface area (Å²) in [4.78, 5) is 4.35. The van der Waals surface area contributed by atoms with Crippen LogP contribution in [0.4, 0.5) is 0 Å². The fourth-order valence-corrected chi connectivity index (χ4v) is 2.05.